The fourth-order valence-corrected chi connectivity index (χ4v) is 6.89. The number of anilines is 1. The third-order valence-corrected chi connectivity index (χ3v) is 8.68. The lowest BCUT2D eigenvalue weighted by Gasteiger charge is -2.52. The summed E-state index contributed by atoms with van der Waals surface area (Å²) in [7, 11) is 0. The molecule has 0 aromatic heterocycles. The van der Waals surface area contributed by atoms with E-state index in [9.17, 15) is 9.18 Å². The molecule has 1 aliphatic carbocycles. The van der Waals surface area contributed by atoms with E-state index in [4.69, 9.17) is 9.47 Å². The average molecular weight is 436 g/mol. The molecule has 1 aromatic carbocycles. The molecule has 1 aromatic rings. The molecule has 3 aliphatic rings. The number of nitrogens with one attached hydrogen (secondary N) is 1. The number of thioether (sulfide) groups is 1. The van der Waals surface area contributed by atoms with E-state index >= 15 is 0 Å². The van der Waals surface area contributed by atoms with Gasteiger partial charge in [0, 0.05) is 23.8 Å². The molecule has 4 nitrogen and oxygen atoms in total. The van der Waals surface area contributed by atoms with Gasteiger partial charge in [0.2, 0.25) is 5.91 Å². The van der Waals surface area contributed by atoms with Gasteiger partial charge in [-0.2, -0.15) is 0 Å². The minimum absolute atomic E-state index is 0.0543. The second kappa shape index (κ2) is 9.58. The van der Waals surface area contributed by atoms with Gasteiger partial charge in [0.15, 0.2) is 6.29 Å². The van der Waals surface area contributed by atoms with Gasteiger partial charge in [-0.05, 0) is 74.1 Å². The lowest BCUT2D eigenvalue weighted by Crippen LogP contribution is -2.52. The first-order chi connectivity index (χ1) is 14.4. The van der Waals surface area contributed by atoms with Crippen LogP contribution in [0.5, 0.6) is 0 Å². The Labute approximate surface area is 183 Å². The quantitative estimate of drug-likeness (QED) is 0.646. The maximum atomic E-state index is 13.0. The molecule has 1 N–H and O–H groups in total. The summed E-state index contributed by atoms with van der Waals surface area (Å²) < 4.78 is 25.9. The van der Waals surface area contributed by atoms with Crippen LogP contribution in [0.25, 0.3) is 0 Å². The van der Waals surface area contributed by atoms with Crippen molar-refractivity contribution in [2.75, 3.05) is 11.1 Å². The Morgan fingerprint density at radius 2 is 1.80 bits per heavy atom. The largest absolute Gasteiger partial charge is 0.349 e. The smallest absolute Gasteiger partial charge is 0.225 e. The highest BCUT2D eigenvalue weighted by Crippen LogP contribution is 2.53. The molecule has 8 atom stereocenters. The van der Waals surface area contributed by atoms with Gasteiger partial charge in [-0.15, -0.1) is 11.8 Å². The summed E-state index contributed by atoms with van der Waals surface area (Å²) in [6, 6.07) is 5.87. The zero-order chi connectivity index (χ0) is 21.3. The van der Waals surface area contributed by atoms with Gasteiger partial charge < -0.3 is 14.8 Å². The molecular weight excluding hydrogens is 401 g/mol. The summed E-state index contributed by atoms with van der Waals surface area (Å²) in [6.07, 6.45) is 5.46. The number of hydrogen-bond donors (Lipinski definition) is 1. The molecule has 0 spiro atoms. The molecule has 30 heavy (non-hydrogen) atoms. The van der Waals surface area contributed by atoms with E-state index in [2.05, 4.69) is 26.1 Å². The van der Waals surface area contributed by atoms with Gasteiger partial charge in [0.25, 0.3) is 0 Å². The molecule has 3 fully saturated rings. The fourth-order valence-electron chi connectivity index (χ4n) is 5.66. The van der Waals surface area contributed by atoms with E-state index in [0.717, 1.165) is 12.3 Å². The SMILES string of the molecule is CC1CCC2C(C)CCC3C(C)C(SCCC(=O)Nc4ccc(F)cc4)OC(O1)C23. The average Bonchev–Trinajstić information content (AvgIpc) is 2.88. The summed E-state index contributed by atoms with van der Waals surface area (Å²) in [4.78, 5) is 12.3. The lowest BCUT2D eigenvalue weighted by atomic mass is 9.61. The standard InChI is InChI=1S/C24H34FNO3S/c1-14-4-10-20-16(3)24(29-23-22(20)19(14)11-5-15(2)28-23)30-13-12-21(27)26-18-8-6-17(25)7-9-18/h6-9,14-16,19-20,22-24H,4-5,10-13H2,1-3H3,(H,26,27). The number of halogens is 1. The van der Waals surface area contributed by atoms with Crippen LogP contribution >= 0.6 is 11.8 Å². The van der Waals surface area contributed by atoms with Gasteiger partial charge in [0.05, 0.1) is 6.10 Å². The Morgan fingerprint density at radius 3 is 2.57 bits per heavy atom. The topological polar surface area (TPSA) is 47.6 Å². The monoisotopic (exact) mass is 435 g/mol. The predicted molar refractivity (Wildman–Crippen MR) is 119 cm³/mol. The highest BCUT2D eigenvalue weighted by Gasteiger charge is 2.52. The van der Waals surface area contributed by atoms with E-state index in [-0.39, 0.29) is 29.6 Å². The number of carbonyl (C=O) groups is 1. The van der Waals surface area contributed by atoms with Crippen LogP contribution in [0.3, 0.4) is 0 Å². The Morgan fingerprint density at radius 1 is 1.07 bits per heavy atom. The van der Waals surface area contributed by atoms with E-state index in [0.29, 0.717) is 41.5 Å². The second-order valence-corrected chi connectivity index (χ2v) is 10.6. The van der Waals surface area contributed by atoms with E-state index in [1.165, 1.54) is 31.4 Å². The first kappa shape index (κ1) is 22.1. The van der Waals surface area contributed by atoms with Crippen LogP contribution in [-0.4, -0.2) is 29.5 Å². The molecule has 1 amide bonds. The zero-order valence-electron chi connectivity index (χ0n) is 18.2. The molecule has 166 valence electrons. The molecular formula is C24H34FNO3S. The second-order valence-electron chi connectivity index (χ2n) is 9.39. The van der Waals surface area contributed by atoms with Gasteiger partial charge in [-0.25, -0.2) is 4.39 Å². The Kier molecular flexibility index (Phi) is 7.05. The van der Waals surface area contributed by atoms with Crippen molar-refractivity contribution >= 4 is 23.4 Å². The lowest BCUT2D eigenvalue weighted by molar-refractivity contribution is -0.258. The maximum absolute atomic E-state index is 13.0. The van der Waals surface area contributed by atoms with Crippen molar-refractivity contribution in [3.8, 4) is 0 Å². The summed E-state index contributed by atoms with van der Waals surface area (Å²) >= 11 is 1.73. The van der Waals surface area contributed by atoms with Crippen molar-refractivity contribution in [3.05, 3.63) is 30.1 Å². The molecule has 4 rings (SSSR count). The summed E-state index contributed by atoms with van der Waals surface area (Å²) in [5.74, 6) is 3.39. The third-order valence-electron chi connectivity index (χ3n) is 7.37. The van der Waals surface area contributed by atoms with Crippen LogP contribution in [0.2, 0.25) is 0 Å². The van der Waals surface area contributed by atoms with E-state index in [1.54, 1.807) is 23.9 Å². The Bertz CT molecular complexity index is 730. The number of hydrogen-bond acceptors (Lipinski definition) is 4. The van der Waals surface area contributed by atoms with Crippen LogP contribution in [-0.2, 0) is 14.3 Å². The first-order valence-electron chi connectivity index (χ1n) is 11.4. The van der Waals surface area contributed by atoms with Gasteiger partial charge in [0.1, 0.15) is 11.3 Å². The van der Waals surface area contributed by atoms with Crippen LogP contribution in [0.4, 0.5) is 10.1 Å². The van der Waals surface area contributed by atoms with Crippen molar-refractivity contribution in [1.29, 1.82) is 0 Å². The van der Waals surface area contributed by atoms with Gasteiger partial charge in [-0.1, -0.05) is 20.3 Å². The number of carbonyl (C=O) groups excluding carboxylic acids is 1. The third kappa shape index (κ3) is 4.86. The molecule has 2 heterocycles. The van der Waals surface area contributed by atoms with Crippen LogP contribution in [0.15, 0.2) is 24.3 Å². The summed E-state index contributed by atoms with van der Waals surface area (Å²) in [5, 5.41) is 2.83. The molecule has 6 heteroatoms. The van der Waals surface area contributed by atoms with Crippen LogP contribution in [0, 0.1) is 35.4 Å². The highest BCUT2D eigenvalue weighted by atomic mass is 32.2. The van der Waals surface area contributed by atoms with Crippen LogP contribution in [0.1, 0.15) is 52.9 Å². The van der Waals surface area contributed by atoms with Crippen molar-refractivity contribution in [3.63, 3.8) is 0 Å². The number of amides is 1. The molecule has 8 unspecified atom stereocenters. The highest BCUT2D eigenvalue weighted by molar-refractivity contribution is 7.99. The summed E-state index contributed by atoms with van der Waals surface area (Å²) in [6.45, 7) is 6.89. The first-order valence-corrected chi connectivity index (χ1v) is 12.4. The molecule has 1 saturated carbocycles. The normalized spacial score (nSPS) is 38.4. The number of ether oxygens (including phenoxy) is 2. The molecule has 2 saturated heterocycles. The van der Waals surface area contributed by atoms with Crippen LogP contribution < -0.4 is 5.32 Å². The summed E-state index contributed by atoms with van der Waals surface area (Å²) in [5.41, 5.74) is 0.689. The Hall–Kier alpha value is -1.11. The Balaban J connectivity index is 1.33. The zero-order valence-corrected chi connectivity index (χ0v) is 19.0. The minimum Gasteiger partial charge on any atom is -0.349 e. The van der Waals surface area contributed by atoms with Crippen molar-refractivity contribution in [2.45, 2.75) is 70.7 Å². The maximum Gasteiger partial charge on any atom is 0.225 e. The van der Waals surface area contributed by atoms with Gasteiger partial charge >= 0.3 is 0 Å². The number of benzene rings is 1. The molecule has 0 radical (unpaired) electrons. The van der Waals surface area contributed by atoms with Gasteiger partial charge in [-0.3, -0.25) is 4.79 Å². The van der Waals surface area contributed by atoms with Crippen molar-refractivity contribution < 1.29 is 18.7 Å². The molecule has 2 aliphatic heterocycles. The molecule has 0 bridgehead atoms. The fraction of sp³-hybridized carbons (Fsp3) is 0.708. The minimum atomic E-state index is -0.306. The predicted octanol–water partition coefficient (Wildman–Crippen LogP) is 5.68. The van der Waals surface area contributed by atoms with E-state index < -0.39 is 0 Å². The van der Waals surface area contributed by atoms with Crippen molar-refractivity contribution in [2.24, 2.45) is 29.6 Å². The van der Waals surface area contributed by atoms with Crippen molar-refractivity contribution in [1.82, 2.24) is 0 Å². The number of rotatable bonds is 5. The van der Waals surface area contributed by atoms with E-state index in [1.807, 2.05) is 0 Å².